The van der Waals surface area contributed by atoms with Gasteiger partial charge in [-0.1, -0.05) is 37.3 Å². The van der Waals surface area contributed by atoms with Gasteiger partial charge in [-0.2, -0.15) is 0 Å². The van der Waals surface area contributed by atoms with Crippen LogP contribution in [0.2, 0.25) is 0 Å². The van der Waals surface area contributed by atoms with E-state index in [0.717, 1.165) is 10.7 Å². The van der Waals surface area contributed by atoms with E-state index in [1.165, 1.54) is 38.5 Å². The van der Waals surface area contributed by atoms with Crippen LogP contribution < -0.4 is 24.4 Å². The number of nitrogens with one attached hydrogen (secondary N) is 2. The summed E-state index contributed by atoms with van der Waals surface area (Å²) in [5, 5.41) is 5.57. The predicted octanol–water partition coefficient (Wildman–Crippen LogP) is 4.07. The van der Waals surface area contributed by atoms with Gasteiger partial charge in [0.25, 0.3) is 15.9 Å². The van der Waals surface area contributed by atoms with Crippen molar-refractivity contribution in [1.82, 2.24) is 5.32 Å². The van der Waals surface area contributed by atoms with Crippen LogP contribution in [0.3, 0.4) is 0 Å². The summed E-state index contributed by atoms with van der Waals surface area (Å²) in [4.78, 5) is 26.0. The van der Waals surface area contributed by atoms with Crippen LogP contribution in [0.1, 0.15) is 30.6 Å². The molecule has 0 radical (unpaired) electrons. The number of carbonyl (C=O) groups excluding carboxylic acids is 2. The smallest absolute Gasteiger partial charge is 0.264 e. The third-order valence-electron chi connectivity index (χ3n) is 5.71. The van der Waals surface area contributed by atoms with Crippen LogP contribution in [-0.4, -0.2) is 47.0 Å². The predicted molar refractivity (Wildman–Crippen MR) is 143 cm³/mol. The van der Waals surface area contributed by atoms with Crippen LogP contribution in [-0.2, 0) is 14.8 Å². The SMILES string of the molecule is CC[C@H](C)NC(=O)c1ccccc1NC(=O)CN(c1ccc(OC)c(OC)c1)S(=O)(=O)c1ccccc1. The molecule has 0 aliphatic rings. The highest BCUT2D eigenvalue weighted by atomic mass is 32.2. The molecule has 3 aromatic carbocycles. The number of rotatable bonds is 11. The zero-order valence-electron chi connectivity index (χ0n) is 21.2. The van der Waals surface area contributed by atoms with E-state index in [4.69, 9.17) is 9.47 Å². The molecule has 0 aromatic heterocycles. The van der Waals surface area contributed by atoms with E-state index in [0.29, 0.717) is 11.5 Å². The highest BCUT2D eigenvalue weighted by Gasteiger charge is 2.28. The lowest BCUT2D eigenvalue weighted by Gasteiger charge is -2.25. The molecule has 0 saturated carbocycles. The number of carbonyl (C=O) groups is 2. The summed E-state index contributed by atoms with van der Waals surface area (Å²) in [6, 6.07) is 18.9. The second-order valence-corrected chi connectivity index (χ2v) is 10.1. The molecular weight excluding hydrogens is 494 g/mol. The fourth-order valence-electron chi connectivity index (χ4n) is 3.53. The number of benzene rings is 3. The van der Waals surface area contributed by atoms with Gasteiger partial charge in [-0.25, -0.2) is 8.42 Å². The Bertz CT molecular complexity index is 1350. The number of sulfonamides is 1. The standard InChI is InChI=1S/C27H31N3O6S/c1-5-19(2)28-27(32)22-13-9-10-14-23(22)29-26(31)18-30(37(33,34)21-11-7-6-8-12-21)20-15-16-24(35-3)25(17-20)36-4/h6-17,19H,5,18H2,1-4H3,(H,28,32)(H,29,31)/t19-/m0/s1. The Labute approximate surface area is 217 Å². The number of amides is 2. The van der Waals surface area contributed by atoms with E-state index in [2.05, 4.69) is 10.6 Å². The van der Waals surface area contributed by atoms with Gasteiger partial charge in [0.1, 0.15) is 6.54 Å². The summed E-state index contributed by atoms with van der Waals surface area (Å²) in [5.41, 5.74) is 0.761. The molecule has 9 nitrogen and oxygen atoms in total. The van der Waals surface area contributed by atoms with E-state index < -0.39 is 22.5 Å². The molecule has 0 spiro atoms. The van der Waals surface area contributed by atoms with Crippen molar-refractivity contribution in [2.45, 2.75) is 31.2 Å². The lowest BCUT2D eigenvalue weighted by atomic mass is 10.1. The molecule has 10 heteroatoms. The Morgan fingerprint density at radius 3 is 2.22 bits per heavy atom. The van der Waals surface area contributed by atoms with Gasteiger partial charge >= 0.3 is 0 Å². The number of para-hydroxylation sites is 1. The summed E-state index contributed by atoms with van der Waals surface area (Å²) in [6.45, 7) is 3.29. The summed E-state index contributed by atoms with van der Waals surface area (Å²) in [5.74, 6) is -0.244. The fraction of sp³-hybridized carbons (Fsp3) is 0.259. The summed E-state index contributed by atoms with van der Waals surface area (Å²) < 4.78 is 38.8. The molecule has 0 fully saturated rings. The molecule has 1 atom stereocenters. The molecule has 2 amide bonds. The quantitative estimate of drug-likeness (QED) is 0.390. The Hall–Kier alpha value is -4.05. The first kappa shape index (κ1) is 27.5. The van der Waals surface area contributed by atoms with Crippen molar-refractivity contribution in [1.29, 1.82) is 0 Å². The average molecular weight is 526 g/mol. The Balaban J connectivity index is 1.96. The molecule has 0 aliphatic carbocycles. The van der Waals surface area contributed by atoms with Crippen LogP contribution in [0.15, 0.2) is 77.7 Å². The van der Waals surface area contributed by atoms with Crippen molar-refractivity contribution in [2.24, 2.45) is 0 Å². The minimum absolute atomic E-state index is 0.0194. The van der Waals surface area contributed by atoms with Gasteiger partial charge in [-0.05, 0) is 49.7 Å². The number of nitrogens with zero attached hydrogens (tertiary/aromatic N) is 1. The molecule has 0 unspecified atom stereocenters. The normalized spacial score (nSPS) is 11.8. The number of ether oxygens (including phenoxy) is 2. The van der Waals surface area contributed by atoms with Gasteiger partial charge in [-0.3, -0.25) is 13.9 Å². The first-order chi connectivity index (χ1) is 17.7. The fourth-order valence-corrected chi connectivity index (χ4v) is 4.96. The van der Waals surface area contributed by atoms with E-state index >= 15 is 0 Å². The Morgan fingerprint density at radius 1 is 0.919 bits per heavy atom. The maximum atomic E-state index is 13.6. The highest BCUT2D eigenvalue weighted by Crippen LogP contribution is 2.33. The van der Waals surface area contributed by atoms with E-state index in [9.17, 15) is 18.0 Å². The topological polar surface area (TPSA) is 114 Å². The van der Waals surface area contributed by atoms with Crippen molar-refractivity contribution in [2.75, 3.05) is 30.4 Å². The van der Waals surface area contributed by atoms with Gasteiger partial charge in [-0.15, -0.1) is 0 Å². The zero-order chi connectivity index (χ0) is 27.0. The molecule has 0 saturated heterocycles. The van der Waals surface area contributed by atoms with Crippen molar-refractivity contribution in [3.05, 3.63) is 78.4 Å². The molecule has 37 heavy (non-hydrogen) atoms. The van der Waals surface area contributed by atoms with Crippen LogP contribution in [0.4, 0.5) is 11.4 Å². The molecule has 196 valence electrons. The number of methoxy groups -OCH3 is 2. The highest BCUT2D eigenvalue weighted by molar-refractivity contribution is 7.92. The summed E-state index contributed by atoms with van der Waals surface area (Å²) >= 11 is 0. The van der Waals surface area contributed by atoms with E-state index in [1.54, 1.807) is 48.5 Å². The minimum atomic E-state index is -4.13. The van der Waals surface area contributed by atoms with Gasteiger partial charge in [0.15, 0.2) is 11.5 Å². The lowest BCUT2D eigenvalue weighted by Crippen LogP contribution is -2.38. The van der Waals surface area contributed by atoms with Crippen LogP contribution in [0.25, 0.3) is 0 Å². The molecule has 2 N–H and O–H groups in total. The average Bonchev–Trinajstić information content (AvgIpc) is 2.91. The zero-order valence-corrected chi connectivity index (χ0v) is 22.0. The minimum Gasteiger partial charge on any atom is -0.493 e. The number of anilines is 2. The maximum Gasteiger partial charge on any atom is 0.264 e. The third-order valence-corrected chi connectivity index (χ3v) is 7.50. The van der Waals surface area contributed by atoms with Crippen molar-refractivity contribution in [3.8, 4) is 11.5 Å². The molecule has 3 rings (SSSR count). The van der Waals surface area contributed by atoms with Gasteiger partial charge in [0.05, 0.1) is 36.1 Å². The number of hydrogen-bond donors (Lipinski definition) is 2. The van der Waals surface area contributed by atoms with Gasteiger partial charge < -0.3 is 20.1 Å². The molecule has 0 aliphatic heterocycles. The molecule has 0 bridgehead atoms. The van der Waals surface area contributed by atoms with Crippen molar-refractivity contribution < 1.29 is 27.5 Å². The van der Waals surface area contributed by atoms with Crippen molar-refractivity contribution in [3.63, 3.8) is 0 Å². The molecule has 0 heterocycles. The Kier molecular flexibility index (Phi) is 9.13. The molecular formula is C27H31N3O6S. The summed E-state index contributed by atoms with van der Waals surface area (Å²) in [6.07, 6.45) is 0.748. The van der Waals surface area contributed by atoms with Crippen LogP contribution in [0, 0.1) is 0 Å². The monoisotopic (exact) mass is 525 g/mol. The van der Waals surface area contributed by atoms with Crippen molar-refractivity contribution >= 4 is 33.2 Å². The Morgan fingerprint density at radius 2 is 1.57 bits per heavy atom. The second-order valence-electron chi connectivity index (χ2n) is 8.24. The second kappa shape index (κ2) is 12.3. The van der Waals surface area contributed by atoms with Gasteiger partial charge in [0.2, 0.25) is 5.91 Å². The number of hydrogen-bond acceptors (Lipinski definition) is 6. The summed E-state index contributed by atoms with van der Waals surface area (Å²) in [7, 11) is -1.23. The van der Waals surface area contributed by atoms with E-state index in [-0.39, 0.29) is 33.8 Å². The first-order valence-corrected chi connectivity index (χ1v) is 13.1. The molecule has 3 aromatic rings. The van der Waals surface area contributed by atoms with Crippen LogP contribution in [0.5, 0.6) is 11.5 Å². The third kappa shape index (κ3) is 6.59. The van der Waals surface area contributed by atoms with Gasteiger partial charge in [0, 0.05) is 12.1 Å². The van der Waals surface area contributed by atoms with Crippen LogP contribution >= 0.6 is 0 Å². The maximum absolute atomic E-state index is 13.6. The van der Waals surface area contributed by atoms with E-state index in [1.807, 2.05) is 13.8 Å². The first-order valence-electron chi connectivity index (χ1n) is 11.7. The lowest BCUT2D eigenvalue weighted by molar-refractivity contribution is -0.114. The largest absolute Gasteiger partial charge is 0.493 e.